The summed E-state index contributed by atoms with van der Waals surface area (Å²) in [6.07, 6.45) is 0.980. The summed E-state index contributed by atoms with van der Waals surface area (Å²) in [6.45, 7) is 6.07. The highest BCUT2D eigenvalue weighted by molar-refractivity contribution is 7.18. The van der Waals surface area contributed by atoms with E-state index in [2.05, 4.69) is 24.4 Å². The number of ether oxygens (including phenoxy) is 1. The van der Waals surface area contributed by atoms with Gasteiger partial charge in [-0.3, -0.25) is 4.79 Å². The zero-order valence-corrected chi connectivity index (χ0v) is 15.2. The molecular formula is C18H23N3O2S. The first-order valence-electron chi connectivity index (χ1n) is 7.84. The van der Waals surface area contributed by atoms with Crippen LogP contribution in [0.4, 0.5) is 5.69 Å². The number of hydrogen-bond acceptors (Lipinski definition) is 5. The van der Waals surface area contributed by atoms with E-state index in [1.54, 1.807) is 7.11 Å². The predicted molar refractivity (Wildman–Crippen MR) is 101 cm³/mol. The fourth-order valence-electron chi connectivity index (χ4n) is 2.08. The molecule has 1 atom stereocenters. The third kappa shape index (κ3) is 4.14. The molecule has 0 radical (unpaired) electrons. The molecular weight excluding hydrogens is 322 g/mol. The van der Waals surface area contributed by atoms with E-state index in [1.165, 1.54) is 11.3 Å². The normalized spacial score (nSPS) is 12.8. The Hall–Kier alpha value is -2.34. The number of nitrogens with one attached hydrogen (secondary N) is 1. The van der Waals surface area contributed by atoms with Gasteiger partial charge in [0.25, 0.3) is 5.91 Å². The SMILES string of the molecule is CC[C@@H](C)/C(C)=N\NC(=O)c1sc(-c2ccc(OC)cc2)cc1N. The number of hydrogen-bond donors (Lipinski definition) is 2. The molecule has 128 valence electrons. The first-order chi connectivity index (χ1) is 11.5. The fraction of sp³-hybridized carbons (Fsp3) is 0.333. The highest BCUT2D eigenvalue weighted by atomic mass is 32.1. The Morgan fingerprint density at radius 3 is 2.62 bits per heavy atom. The van der Waals surface area contributed by atoms with Gasteiger partial charge in [-0.15, -0.1) is 11.3 Å². The summed E-state index contributed by atoms with van der Waals surface area (Å²) >= 11 is 1.35. The molecule has 0 fully saturated rings. The molecule has 2 rings (SSSR count). The third-order valence-corrected chi connectivity index (χ3v) is 5.20. The van der Waals surface area contributed by atoms with Gasteiger partial charge in [-0.25, -0.2) is 5.43 Å². The first-order valence-corrected chi connectivity index (χ1v) is 8.66. The van der Waals surface area contributed by atoms with Crippen LogP contribution in [0.1, 0.15) is 36.9 Å². The van der Waals surface area contributed by atoms with Crippen LogP contribution in [0.3, 0.4) is 0 Å². The number of thiophene rings is 1. The average Bonchev–Trinajstić information content (AvgIpc) is 3.00. The second kappa shape index (κ2) is 7.97. The van der Waals surface area contributed by atoms with Gasteiger partial charge in [0.2, 0.25) is 0 Å². The highest BCUT2D eigenvalue weighted by Gasteiger charge is 2.15. The van der Waals surface area contributed by atoms with Crippen molar-refractivity contribution < 1.29 is 9.53 Å². The minimum atomic E-state index is -0.278. The van der Waals surface area contributed by atoms with Crippen LogP contribution in [0, 0.1) is 5.92 Å². The lowest BCUT2D eigenvalue weighted by Crippen LogP contribution is -2.20. The molecule has 3 N–H and O–H groups in total. The van der Waals surface area contributed by atoms with Crippen LogP contribution >= 0.6 is 11.3 Å². The Kier molecular flexibility index (Phi) is 5.98. The number of methoxy groups -OCH3 is 1. The molecule has 0 aliphatic carbocycles. The molecule has 2 aromatic rings. The van der Waals surface area contributed by atoms with Crippen molar-refractivity contribution in [2.45, 2.75) is 27.2 Å². The molecule has 24 heavy (non-hydrogen) atoms. The molecule has 0 aliphatic heterocycles. The van der Waals surface area contributed by atoms with Gasteiger partial charge in [0.15, 0.2) is 0 Å². The number of rotatable bonds is 6. The molecule has 6 heteroatoms. The number of nitrogens with zero attached hydrogens (tertiary/aromatic N) is 1. The summed E-state index contributed by atoms with van der Waals surface area (Å²) in [6, 6.07) is 9.45. The van der Waals surface area contributed by atoms with Crippen molar-refractivity contribution in [2.75, 3.05) is 12.8 Å². The quantitative estimate of drug-likeness (QED) is 0.610. The number of hydrazone groups is 1. The minimum absolute atomic E-state index is 0.278. The molecule has 0 spiro atoms. The fourth-order valence-corrected chi connectivity index (χ4v) is 3.05. The van der Waals surface area contributed by atoms with Crippen LogP contribution in [0.25, 0.3) is 10.4 Å². The molecule has 0 saturated heterocycles. The molecule has 1 aromatic heterocycles. The zero-order valence-electron chi connectivity index (χ0n) is 14.4. The topological polar surface area (TPSA) is 76.7 Å². The number of carbonyl (C=O) groups excluding carboxylic acids is 1. The van der Waals surface area contributed by atoms with E-state index in [0.29, 0.717) is 16.5 Å². The van der Waals surface area contributed by atoms with Crippen LogP contribution < -0.4 is 15.9 Å². The van der Waals surface area contributed by atoms with Crippen molar-refractivity contribution in [1.29, 1.82) is 0 Å². The van der Waals surface area contributed by atoms with E-state index in [0.717, 1.165) is 28.3 Å². The third-order valence-electron chi connectivity index (χ3n) is 4.00. The van der Waals surface area contributed by atoms with E-state index >= 15 is 0 Å². The van der Waals surface area contributed by atoms with Gasteiger partial charge < -0.3 is 10.5 Å². The minimum Gasteiger partial charge on any atom is -0.497 e. The Morgan fingerprint density at radius 1 is 1.38 bits per heavy atom. The lowest BCUT2D eigenvalue weighted by atomic mass is 10.1. The molecule has 1 heterocycles. The van der Waals surface area contributed by atoms with Gasteiger partial charge in [-0.2, -0.15) is 5.10 Å². The van der Waals surface area contributed by atoms with Crippen molar-refractivity contribution in [3.05, 3.63) is 35.2 Å². The maximum absolute atomic E-state index is 12.3. The van der Waals surface area contributed by atoms with Crippen molar-refractivity contribution >= 4 is 28.6 Å². The van der Waals surface area contributed by atoms with Gasteiger partial charge in [-0.05, 0) is 55.2 Å². The largest absolute Gasteiger partial charge is 0.497 e. The Morgan fingerprint density at radius 2 is 2.04 bits per heavy atom. The summed E-state index contributed by atoms with van der Waals surface area (Å²) in [5, 5.41) is 4.17. The molecule has 0 aliphatic rings. The highest BCUT2D eigenvalue weighted by Crippen LogP contribution is 2.33. The van der Waals surface area contributed by atoms with Gasteiger partial charge in [0.1, 0.15) is 10.6 Å². The van der Waals surface area contributed by atoms with E-state index < -0.39 is 0 Å². The van der Waals surface area contributed by atoms with Crippen LogP contribution in [-0.4, -0.2) is 18.7 Å². The standard InChI is InChI=1S/C18H23N3O2S/c1-5-11(2)12(3)20-21-18(22)17-15(19)10-16(24-17)13-6-8-14(23-4)9-7-13/h6-11H,5,19H2,1-4H3,(H,21,22)/b20-12-/t11-/m1/s1. The van der Waals surface area contributed by atoms with Gasteiger partial charge >= 0.3 is 0 Å². The lowest BCUT2D eigenvalue weighted by molar-refractivity contribution is 0.0959. The summed E-state index contributed by atoms with van der Waals surface area (Å²) in [7, 11) is 1.63. The smallest absolute Gasteiger partial charge is 0.283 e. The molecule has 1 aromatic carbocycles. The van der Waals surface area contributed by atoms with Crippen LogP contribution in [0.15, 0.2) is 35.4 Å². The number of nitrogen functional groups attached to an aromatic ring is 1. The number of anilines is 1. The summed E-state index contributed by atoms with van der Waals surface area (Å²) in [4.78, 5) is 13.7. The Labute approximate surface area is 146 Å². The summed E-state index contributed by atoms with van der Waals surface area (Å²) < 4.78 is 5.15. The number of amides is 1. The average molecular weight is 345 g/mol. The second-order valence-corrected chi connectivity index (χ2v) is 6.68. The van der Waals surface area contributed by atoms with Crippen LogP contribution in [0.5, 0.6) is 5.75 Å². The molecule has 1 amide bonds. The Bertz CT molecular complexity index is 735. The van der Waals surface area contributed by atoms with E-state index in [-0.39, 0.29) is 5.91 Å². The van der Waals surface area contributed by atoms with Gasteiger partial charge in [0.05, 0.1) is 12.8 Å². The van der Waals surface area contributed by atoms with E-state index in [9.17, 15) is 4.79 Å². The number of nitrogens with two attached hydrogens (primary N) is 1. The molecule has 5 nitrogen and oxygen atoms in total. The summed E-state index contributed by atoms with van der Waals surface area (Å²) in [5.74, 6) is 0.844. The molecule has 0 bridgehead atoms. The van der Waals surface area contributed by atoms with Gasteiger partial charge in [0, 0.05) is 10.6 Å². The number of carbonyl (C=O) groups is 1. The van der Waals surface area contributed by atoms with Crippen molar-refractivity contribution in [3.63, 3.8) is 0 Å². The zero-order chi connectivity index (χ0) is 17.7. The maximum atomic E-state index is 12.3. The van der Waals surface area contributed by atoms with E-state index in [1.807, 2.05) is 37.3 Å². The van der Waals surface area contributed by atoms with Gasteiger partial charge in [-0.1, -0.05) is 13.8 Å². The lowest BCUT2D eigenvalue weighted by Gasteiger charge is -2.07. The van der Waals surface area contributed by atoms with Crippen molar-refractivity contribution in [3.8, 4) is 16.2 Å². The van der Waals surface area contributed by atoms with Crippen molar-refractivity contribution in [1.82, 2.24) is 5.43 Å². The first kappa shape index (κ1) is 18.0. The van der Waals surface area contributed by atoms with Crippen molar-refractivity contribution in [2.24, 2.45) is 11.0 Å². The number of benzene rings is 1. The molecule has 0 unspecified atom stereocenters. The second-order valence-electron chi connectivity index (χ2n) is 5.63. The molecule has 0 saturated carbocycles. The monoisotopic (exact) mass is 345 g/mol. The maximum Gasteiger partial charge on any atom is 0.283 e. The predicted octanol–water partition coefficient (Wildman–Crippen LogP) is 4.16. The summed E-state index contributed by atoms with van der Waals surface area (Å²) in [5.41, 5.74) is 11.0. The van der Waals surface area contributed by atoms with E-state index in [4.69, 9.17) is 10.5 Å². The Balaban J connectivity index is 2.17. The van der Waals surface area contributed by atoms with Crippen LogP contribution in [-0.2, 0) is 0 Å². The van der Waals surface area contributed by atoms with Crippen LogP contribution in [0.2, 0.25) is 0 Å².